The summed E-state index contributed by atoms with van der Waals surface area (Å²) in [5, 5.41) is 3.38. The lowest BCUT2D eigenvalue weighted by atomic mass is 10.3. The summed E-state index contributed by atoms with van der Waals surface area (Å²) < 4.78 is 22.8. The highest BCUT2D eigenvalue weighted by atomic mass is 35.5. The van der Waals surface area contributed by atoms with E-state index in [4.69, 9.17) is 11.6 Å². The number of rotatable bonds is 5. The van der Waals surface area contributed by atoms with Crippen LogP contribution in [0.4, 0.5) is 5.69 Å². The van der Waals surface area contributed by atoms with E-state index in [0.29, 0.717) is 10.8 Å². The zero-order chi connectivity index (χ0) is 12.2. The standard InChI is InChI=1S/C10H15ClN2O2S/c1-3-16(14,15)7-8(2)13-9-5-4-6-12-10(9)11/h4-6,8,13H,3,7H2,1-2H3. The normalized spacial score (nSPS) is 13.4. The summed E-state index contributed by atoms with van der Waals surface area (Å²) in [4.78, 5) is 3.90. The van der Waals surface area contributed by atoms with E-state index in [9.17, 15) is 8.42 Å². The fraction of sp³-hybridized carbons (Fsp3) is 0.500. The molecule has 1 heterocycles. The number of halogens is 1. The third-order valence-electron chi connectivity index (χ3n) is 2.10. The van der Waals surface area contributed by atoms with Crippen LogP contribution in [0.5, 0.6) is 0 Å². The molecule has 1 atom stereocenters. The topological polar surface area (TPSA) is 59.1 Å². The van der Waals surface area contributed by atoms with Gasteiger partial charge in [0, 0.05) is 18.0 Å². The van der Waals surface area contributed by atoms with E-state index in [1.165, 1.54) is 0 Å². The van der Waals surface area contributed by atoms with E-state index in [-0.39, 0.29) is 17.5 Å². The van der Waals surface area contributed by atoms with Crippen LogP contribution < -0.4 is 5.32 Å². The summed E-state index contributed by atoms with van der Waals surface area (Å²) in [5.41, 5.74) is 0.656. The van der Waals surface area contributed by atoms with Crippen LogP contribution in [0.1, 0.15) is 13.8 Å². The molecule has 1 aromatic rings. The number of hydrogen-bond acceptors (Lipinski definition) is 4. The third kappa shape index (κ3) is 3.98. The maximum Gasteiger partial charge on any atom is 0.152 e. The summed E-state index contributed by atoms with van der Waals surface area (Å²) in [6.07, 6.45) is 1.58. The molecule has 90 valence electrons. The van der Waals surface area contributed by atoms with Crippen molar-refractivity contribution in [2.75, 3.05) is 16.8 Å². The molecule has 1 rings (SSSR count). The van der Waals surface area contributed by atoms with Crippen molar-refractivity contribution in [1.82, 2.24) is 4.98 Å². The Hall–Kier alpha value is -0.810. The Balaban J connectivity index is 2.66. The zero-order valence-corrected chi connectivity index (χ0v) is 10.8. The van der Waals surface area contributed by atoms with Crippen LogP contribution in [0.2, 0.25) is 5.15 Å². The van der Waals surface area contributed by atoms with Gasteiger partial charge in [-0.05, 0) is 19.1 Å². The lowest BCUT2D eigenvalue weighted by Crippen LogP contribution is -2.26. The van der Waals surface area contributed by atoms with Gasteiger partial charge < -0.3 is 5.32 Å². The van der Waals surface area contributed by atoms with Crippen LogP contribution in [0, 0.1) is 0 Å². The van der Waals surface area contributed by atoms with Crippen molar-refractivity contribution in [3.8, 4) is 0 Å². The van der Waals surface area contributed by atoms with Crippen LogP contribution in [-0.2, 0) is 9.84 Å². The molecule has 0 aliphatic rings. The van der Waals surface area contributed by atoms with Crippen molar-refractivity contribution in [3.05, 3.63) is 23.5 Å². The molecule has 0 fully saturated rings. The molecule has 0 aromatic carbocycles. The summed E-state index contributed by atoms with van der Waals surface area (Å²) in [6.45, 7) is 3.44. The first-order chi connectivity index (χ1) is 7.44. The van der Waals surface area contributed by atoms with Gasteiger partial charge in [0.25, 0.3) is 0 Å². The predicted octanol–water partition coefficient (Wildman–Crippen LogP) is 1.97. The smallest absolute Gasteiger partial charge is 0.152 e. The highest BCUT2D eigenvalue weighted by molar-refractivity contribution is 7.91. The first-order valence-corrected chi connectivity index (χ1v) is 7.22. The number of hydrogen-bond donors (Lipinski definition) is 1. The van der Waals surface area contributed by atoms with E-state index in [1.54, 1.807) is 32.2 Å². The van der Waals surface area contributed by atoms with Crippen molar-refractivity contribution < 1.29 is 8.42 Å². The molecule has 0 aliphatic heterocycles. The summed E-state index contributed by atoms with van der Waals surface area (Å²) >= 11 is 5.85. The monoisotopic (exact) mass is 262 g/mol. The van der Waals surface area contributed by atoms with Gasteiger partial charge in [0.2, 0.25) is 0 Å². The second-order valence-corrected chi connectivity index (χ2v) is 6.34. The minimum Gasteiger partial charge on any atom is -0.379 e. The Bertz CT molecular complexity index is 448. The van der Waals surface area contributed by atoms with Gasteiger partial charge in [-0.1, -0.05) is 18.5 Å². The third-order valence-corrected chi connectivity index (χ3v) is 4.29. The van der Waals surface area contributed by atoms with Crippen molar-refractivity contribution >= 4 is 27.1 Å². The molecule has 0 saturated carbocycles. The molecule has 0 spiro atoms. The predicted molar refractivity (Wildman–Crippen MR) is 66.7 cm³/mol. The number of pyridine rings is 1. The molecule has 0 aliphatic carbocycles. The van der Waals surface area contributed by atoms with Gasteiger partial charge in [0.05, 0.1) is 11.4 Å². The van der Waals surface area contributed by atoms with E-state index in [1.807, 2.05) is 0 Å². The molecule has 1 unspecified atom stereocenters. The van der Waals surface area contributed by atoms with Crippen molar-refractivity contribution in [3.63, 3.8) is 0 Å². The SMILES string of the molecule is CCS(=O)(=O)CC(C)Nc1cccnc1Cl. The summed E-state index contributed by atoms with van der Waals surface area (Å²) in [5.74, 6) is 0.245. The Kier molecular flexibility index (Phi) is 4.56. The maximum absolute atomic E-state index is 11.4. The second-order valence-electron chi connectivity index (χ2n) is 3.59. The van der Waals surface area contributed by atoms with E-state index in [0.717, 1.165) is 0 Å². The molecule has 1 N–H and O–H groups in total. The molecule has 1 aromatic heterocycles. The van der Waals surface area contributed by atoms with Gasteiger partial charge in [0.15, 0.2) is 15.0 Å². The average molecular weight is 263 g/mol. The van der Waals surface area contributed by atoms with Crippen LogP contribution in [0.25, 0.3) is 0 Å². The summed E-state index contributed by atoms with van der Waals surface area (Å²) in [6, 6.07) is 3.33. The molecule has 0 amide bonds. The Labute approximate surface area is 101 Å². The molecule has 0 bridgehead atoms. The minimum atomic E-state index is -2.98. The second kappa shape index (κ2) is 5.50. The molecular weight excluding hydrogens is 248 g/mol. The van der Waals surface area contributed by atoms with Crippen LogP contribution in [0.15, 0.2) is 18.3 Å². The van der Waals surface area contributed by atoms with Crippen LogP contribution in [0.3, 0.4) is 0 Å². The summed E-state index contributed by atoms with van der Waals surface area (Å²) in [7, 11) is -2.98. The Morgan fingerprint density at radius 2 is 2.25 bits per heavy atom. The molecular formula is C10H15ClN2O2S. The Morgan fingerprint density at radius 3 is 2.81 bits per heavy atom. The van der Waals surface area contributed by atoms with Gasteiger partial charge in [-0.15, -0.1) is 0 Å². The molecule has 16 heavy (non-hydrogen) atoms. The van der Waals surface area contributed by atoms with E-state index >= 15 is 0 Å². The Morgan fingerprint density at radius 1 is 1.56 bits per heavy atom. The number of nitrogens with zero attached hydrogens (tertiary/aromatic N) is 1. The molecule has 4 nitrogen and oxygen atoms in total. The van der Waals surface area contributed by atoms with Crippen molar-refractivity contribution in [1.29, 1.82) is 0 Å². The van der Waals surface area contributed by atoms with E-state index < -0.39 is 9.84 Å². The fourth-order valence-corrected chi connectivity index (χ4v) is 2.55. The number of anilines is 1. The molecule has 0 radical (unpaired) electrons. The highest BCUT2D eigenvalue weighted by Gasteiger charge is 2.14. The van der Waals surface area contributed by atoms with Crippen molar-refractivity contribution in [2.24, 2.45) is 0 Å². The number of sulfone groups is 1. The molecule has 0 saturated heterocycles. The number of aromatic nitrogens is 1. The van der Waals surface area contributed by atoms with Crippen LogP contribution >= 0.6 is 11.6 Å². The van der Waals surface area contributed by atoms with Crippen LogP contribution in [-0.4, -0.2) is 30.9 Å². The molecule has 6 heteroatoms. The van der Waals surface area contributed by atoms with Gasteiger partial charge in [0.1, 0.15) is 0 Å². The quantitative estimate of drug-likeness (QED) is 0.825. The van der Waals surface area contributed by atoms with E-state index in [2.05, 4.69) is 10.3 Å². The fourth-order valence-electron chi connectivity index (χ4n) is 1.30. The lowest BCUT2D eigenvalue weighted by molar-refractivity contribution is 0.593. The average Bonchev–Trinajstić information content (AvgIpc) is 2.21. The van der Waals surface area contributed by atoms with Crippen molar-refractivity contribution in [2.45, 2.75) is 19.9 Å². The number of nitrogens with one attached hydrogen (secondary N) is 1. The zero-order valence-electron chi connectivity index (χ0n) is 9.27. The largest absolute Gasteiger partial charge is 0.379 e. The maximum atomic E-state index is 11.4. The van der Waals surface area contributed by atoms with Gasteiger partial charge in [-0.2, -0.15) is 0 Å². The van der Waals surface area contributed by atoms with Gasteiger partial charge >= 0.3 is 0 Å². The highest BCUT2D eigenvalue weighted by Crippen LogP contribution is 2.18. The minimum absolute atomic E-state index is 0.0920. The lowest BCUT2D eigenvalue weighted by Gasteiger charge is -2.15. The first-order valence-electron chi connectivity index (χ1n) is 5.02. The first kappa shape index (κ1) is 13.3. The van der Waals surface area contributed by atoms with Gasteiger partial charge in [-0.25, -0.2) is 13.4 Å². The van der Waals surface area contributed by atoms with Gasteiger partial charge in [-0.3, -0.25) is 0 Å².